The van der Waals surface area contributed by atoms with Crippen molar-refractivity contribution in [2.45, 2.75) is 39.8 Å². The summed E-state index contributed by atoms with van der Waals surface area (Å²) in [5.41, 5.74) is 2.48. The van der Waals surface area contributed by atoms with Gasteiger partial charge in [0.2, 0.25) is 0 Å². The highest BCUT2D eigenvalue weighted by molar-refractivity contribution is 5.85. The summed E-state index contributed by atoms with van der Waals surface area (Å²) < 4.78 is 4.63. The summed E-state index contributed by atoms with van der Waals surface area (Å²) >= 11 is 0. The molecule has 0 amide bonds. The van der Waals surface area contributed by atoms with Crippen LogP contribution in [0, 0.1) is 5.92 Å². The Hall–Kier alpha value is -3.87. The van der Waals surface area contributed by atoms with Crippen molar-refractivity contribution in [2.24, 2.45) is 13.0 Å². The second-order valence-corrected chi connectivity index (χ2v) is 9.06. The third-order valence-electron chi connectivity index (χ3n) is 6.02. The third kappa shape index (κ3) is 4.59. The summed E-state index contributed by atoms with van der Waals surface area (Å²) in [6, 6.07) is 13.4. The van der Waals surface area contributed by atoms with Gasteiger partial charge in [-0.15, -0.1) is 0 Å². The summed E-state index contributed by atoms with van der Waals surface area (Å²) in [6.07, 6.45) is 6.71. The van der Waals surface area contributed by atoms with Crippen molar-refractivity contribution in [3.05, 3.63) is 86.7 Å². The smallest absolute Gasteiger partial charge is 0.331 e. The highest BCUT2D eigenvalue weighted by Gasteiger charge is 2.16. The lowest BCUT2D eigenvalue weighted by Gasteiger charge is -2.14. The number of fused-ring (bicyclic) bond motifs is 2. The van der Waals surface area contributed by atoms with Gasteiger partial charge < -0.3 is 9.67 Å². The normalized spacial score (nSPS) is 11.9. The molecule has 4 rings (SSSR count). The number of aryl methyl sites for hydroxylation is 1. The van der Waals surface area contributed by atoms with Crippen molar-refractivity contribution >= 4 is 33.9 Å². The molecule has 7 heteroatoms. The van der Waals surface area contributed by atoms with E-state index in [-0.39, 0.29) is 19.5 Å². The zero-order chi connectivity index (χ0) is 24.4. The Labute approximate surface area is 197 Å². The fourth-order valence-corrected chi connectivity index (χ4v) is 4.29. The number of aliphatic carboxylic acids is 1. The van der Waals surface area contributed by atoms with Gasteiger partial charge >= 0.3 is 11.7 Å². The first-order valence-electron chi connectivity index (χ1n) is 11.4. The molecule has 2 aromatic heterocycles. The van der Waals surface area contributed by atoms with E-state index < -0.39 is 17.2 Å². The molecular formula is C27H29N3O4. The largest absolute Gasteiger partial charge is 0.481 e. The first-order valence-corrected chi connectivity index (χ1v) is 11.4. The molecule has 0 atom stereocenters. The molecule has 4 aromatic rings. The minimum absolute atomic E-state index is 0.172. The van der Waals surface area contributed by atoms with E-state index in [9.17, 15) is 14.4 Å². The molecule has 2 heterocycles. The van der Waals surface area contributed by atoms with E-state index in [0.717, 1.165) is 33.0 Å². The van der Waals surface area contributed by atoms with Gasteiger partial charge in [0.05, 0.1) is 23.9 Å². The maximum Gasteiger partial charge on any atom is 0.331 e. The summed E-state index contributed by atoms with van der Waals surface area (Å²) in [6.45, 7) is 4.38. The fourth-order valence-electron chi connectivity index (χ4n) is 4.29. The van der Waals surface area contributed by atoms with Gasteiger partial charge in [0.1, 0.15) is 0 Å². The van der Waals surface area contributed by atoms with E-state index in [1.807, 2.05) is 60.3 Å². The van der Waals surface area contributed by atoms with Gasteiger partial charge in [0.25, 0.3) is 5.56 Å². The van der Waals surface area contributed by atoms with Gasteiger partial charge in [-0.25, -0.2) is 4.79 Å². The van der Waals surface area contributed by atoms with Gasteiger partial charge in [-0.05, 0) is 41.7 Å². The van der Waals surface area contributed by atoms with Crippen LogP contribution in [0.25, 0.3) is 27.9 Å². The molecule has 0 saturated carbocycles. The summed E-state index contributed by atoms with van der Waals surface area (Å²) in [5, 5.41) is 10.5. The lowest BCUT2D eigenvalue weighted by molar-refractivity contribution is -0.137. The van der Waals surface area contributed by atoms with Gasteiger partial charge in [0, 0.05) is 30.7 Å². The molecule has 0 unspecified atom stereocenters. The van der Waals surface area contributed by atoms with E-state index in [0.29, 0.717) is 16.8 Å². The van der Waals surface area contributed by atoms with Crippen molar-refractivity contribution in [1.29, 1.82) is 0 Å². The number of nitrogens with zero attached hydrogens (tertiary/aromatic N) is 3. The first-order chi connectivity index (χ1) is 16.3. The van der Waals surface area contributed by atoms with Gasteiger partial charge in [-0.2, -0.15) is 0 Å². The van der Waals surface area contributed by atoms with E-state index in [1.165, 1.54) is 0 Å². The van der Waals surface area contributed by atoms with E-state index in [1.54, 1.807) is 10.6 Å². The molecule has 0 spiro atoms. The molecule has 0 saturated heterocycles. The van der Waals surface area contributed by atoms with E-state index >= 15 is 0 Å². The zero-order valence-corrected chi connectivity index (χ0v) is 19.7. The number of para-hydroxylation sites is 1. The van der Waals surface area contributed by atoms with Crippen LogP contribution >= 0.6 is 0 Å². The average molecular weight is 460 g/mol. The Morgan fingerprint density at radius 1 is 1.03 bits per heavy atom. The molecule has 0 aliphatic heterocycles. The Morgan fingerprint density at radius 2 is 1.79 bits per heavy atom. The number of carbonyl (C=O) groups is 1. The highest BCUT2D eigenvalue weighted by Crippen LogP contribution is 2.22. The van der Waals surface area contributed by atoms with Crippen molar-refractivity contribution in [3.63, 3.8) is 0 Å². The number of benzene rings is 2. The number of rotatable bonds is 8. The minimum Gasteiger partial charge on any atom is -0.481 e. The van der Waals surface area contributed by atoms with Crippen LogP contribution in [0.2, 0.25) is 0 Å². The predicted molar refractivity (Wildman–Crippen MR) is 135 cm³/mol. The average Bonchev–Trinajstić information content (AvgIpc) is 3.11. The van der Waals surface area contributed by atoms with Crippen LogP contribution in [-0.4, -0.2) is 24.8 Å². The van der Waals surface area contributed by atoms with E-state index in [2.05, 4.69) is 19.9 Å². The number of hydrogen-bond donors (Lipinski definition) is 1. The van der Waals surface area contributed by atoms with Crippen LogP contribution in [0.4, 0.5) is 0 Å². The third-order valence-corrected chi connectivity index (χ3v) is 6.02. The second kappa shape index (κ2) is 9.55. The quantitative estimate of drug-likeness (QED) is 0.427. The molecular weight excluding hydrogens is 430 g/mol. The number of carboxylic acids is 1. The fraction of sp³-hybridized carbons (Fsp3) is 0.296. The van der Waals surface area contributed by atoms with Crippen LogP contribution in [-0.2, 0) is 24.9 Å². The van der Waals surface area contributed by atoms with Crippen LogP contribution < -0.4 is 11.2 Å². The Bertz CT molecular complexity index is 1520. The SMILES string of the molecule is CC(C)C/C=C/c1ccc2c(=O)n(CCC(=O)O)c(=O)n(Cc3cn(C)c4ccccc34)c2c1. The standard InChI is InChI=1S/C27H29N3O4/c1-18(2)7-6-8-19-11-12-22-24(15-19)30(27(34)29(26(22)33)14-13-25(31)32)17-20-16-28(3)23-10-5-4-9-21(20)23/h4-6,8-12,15-16,18H,7,13-14,17H2,1-3H3,(H,31,32)/b8-6+. The van der Waals surface area contributed by atoms with Gasteiger partial charge in [-0.1, -0.05) is 50.3 Å². The first kappa shape index (κ1) is 23.3. The topological polar surface area (TPSA) is 86.2 Å². The van der Waals surface area contributed by atoms with Crippen LogP contribution in [0.15, 0.2) is 64.3 Å². The zero-order valence-electron chi connectivity index (χ0n) is 19.7. The second-order valence-electron chi connectivity index (χ2n) is 9.06. The van der Waals surface area contributed by atoms with Gasteiger partial charge in [0.15, 0.2) is 0 Å². The lowest BCUT2D eigenvalue weighted by atomic mass is 10.1. The maximum absolute atomic E-state index is 13.5. The molecule has 0 radical (unpaired) electrons. The number of aromatic nitrogens is 3. The Morgan fingerprint density at radius 3 is 2.53 bits per heavy atom. The minimum atomic E-state index is -1.06. The predicted octanol–water partition coefficient (Wildman–Crippen LogP) is 4.24. The Kier molecular flexibility index (Phi) is 6.54. The highest BCUT2D eigenvalue weighted by atomic mass is 16.4. The summed E-state index contributed by atoms with van der Waals surface area (Å²) in [4.78, 5) is 37.8. The number of carboxylic acid groups (broad SMARTS) is 1. The molecule has 7 nitrogen and oxygen atoms in total. The molecule has 34 heavy (non-hydrogen) atoms. The summed E-state index contributed by atoms with van der Waals surface area (Å²) in [5.74, 6) is -0.527. The number of hydrogen-bond acceptors (Lipinski definition) is 3. The van der Waals surface area contributed by atoms with Crippen molar-refractivity contribution in [1.82, 2.24) is 13.7 Å². The molecule has 2 aromatic carbocycles. The van der Waals surface area contributed by atoms with Crippen LogP contribution in [0.5, 0.6) is 0 Å². The van der Waals surface area contributed by atoms with Crippen molar-refractivity contribution in [2.75, 3.05) is 0 Å². The molecule has 0 bridgehead atoms. The van der Waals surface area contributed by atoms with Crippen molar-refractivity contribution in [3.8, 4) is 0 Å². The lowest BCUT2D eigenvalue weighted by Crippen LogP contribution is -2.40. The Balaban J connectivity index is 1.91. The van der Waals surface area contributed by atoms with Crippen LogP contribution in [0.1, 0.15) is 37.8 Å². The monoisotopic (exact) mass is 459 g/mol. The summed E-state index contributed by atoms with van der Waals surface area (Å²) in [7, 11) is 1.96. The maximum atomic E-state index is 13.5. The van der Waals surface area contributed by atoms with Gasteiger partial charge in [-0.3, -0.25) is 18.7 Å². The molecule has 176 valence electrons. The number of allylic oxidation sites excluding steroid dienone is 1. The van der Waals surface area contributed by atoms with Crippen LogP contribution in [0.3, 0.4) is 0 Å². The van der Waals surface area contributed by atoms with Crippen molar-refractivity contribution < 1.29 is 9.90 Å². The van der Waals surface area contributed by atoms with E-state index in [4.69, 9.17) is 5.11 Å². The molecule has 0 aliphatic carbocycles. The molecule has 1 N–H and O–H groups in total. The molecule has 0 fully saturated rings. The molecule has 0 aliphatic rings.